The van der Waals surface area contributed by atoms with Crippen LogP contribution in [0.15, 0.2) is 72.9 Å². The Hall–Kier alpha value is -3.15. The summed E-state index contributed by atoms with van der Waals surface area (Å²) in [6, 6.07) is 0. The Morgan fingerprint density at radius 1 is 0.288 bits per heavy atom. The lowest BCUT2D eigenvalue weighted by Gasteiger charge is -2.18. The topological polar surface area (TPSA) is 78.9 Å². The minimum atomic E-state index is -0.767. The van der Waals surface area contributed by atoms with Crippen molar-refractivity contribution in [3.8, 4) is 0 Å². The Labute approximate surface area is 453 Å². The summed E-state index contributed by atoms with van der Waals surface area (Å²) in [5.41, 5.74) is 0. The number of hydrogen-bond donors (Lipinski definition) is 0. The molecule has 6 nitrogen and oxygen atoms in total. The van der Waals surface area contributed by atoms with E-state index in [-0.39, 0.29) is 31.1 Å². The molecule has 0 saturated carbocycles. The van der Waals surface area contributed by atoms with Crippen LogP contribution in [0.3, 0.4) is 0 Å². The molecule has 0 radical (unpaired) electrons. The van der Waals surface area contributed by atoms with Gasteiger partial charge in [0.05, 0.1) is 0 Å². The Bertz CT molecular complexity index is 1360. The number of ether oxygens (including phenoxy) is 3. The van der Waals surface area contributed by atoms with E-state index in [9.17, 15) is 14.4 Å². The molecular weight excluding hydrogens is 901 g/mol. The van der Waals surface area contributed by atoms with Crippen LogP contribution in [0.1, 0.15) is 316 Å². The zero-order valence-corrected chi connectivity index (χ0v) is 48.4. The maximum absolute atomic E-state index is 12.8. The third-order valence-electron chi connectivity index (χ3n) is 13.7. The number of rotatable bonds is 57. The Balaban J connectivity index is 3.96. The minimum Gasteiger partial charge on any atom is -0.462 e. The summed E-state index contributed by atoms with van der Waals surface area (Å²) in [7, 11) is 0. The number of carbonyl (C=O) groups excluding carboxylic acids is 3. The van der Waals surface area contributed by atoms with Gasteiger partial charge in [0, 0.05) is 19.3 Å². The van der Waals surface area contributed by atoms with Crippen molar-refractivity contribution in [1.29, 1.82) is 0 Å². The van der Waals surface area contributed by atoms with Gasteiger partial charge >= 0.3 is 17.9 Å². The van der Waals surface area contributed by atoms with Gasteiger partial charge in [-0.2, -0.15) is 0 Å². The first-order chi connectivity index (χ1) is 36.0. The van der Waals surface area contributed by atoms with Gasteiger partial charge in [-0.15, -0.1) is 0 Å². The third kappa shape index (κ3) is 59.6. The molecule has 0 bridgehead atoms. The molecule has 0 heterocycles. The molecule has 73 heavy (non-hydrogen) atoms. The van der Waals surface area contributed by atoms with Gasteiger partial charge in [0.25, 0.3) is 0 Å². The van der Waals surface area contributed by atoms with E-state index >= 15 is 0 Å². The monoisotopic (exact) mass is 1020 g/mol. The second kappa shape index (κ2) is 61.4. The van der Waals surface area contributed by atoms with Crippen LogP contribution in [0.5, 0.6) is 0 Å². The molecule has 1 unspecified atom stereocenters. The number of hydrogen-bond acceptors (Lipinski definition) is 6. The summed E-state index contributed by atoms with van der Waals surface area (Å²) < 4.78 is 16.8. The lowest BCUT2D eigenvalue weighted by atomic mass is 10.0. The first-order valence-electron chi connectivity index (χ1n) is 31.4. The Morgan fingerprint density at radius 3 is 0.836 bits per heavy atom. The number of allylic oxidation sites excluding steroid dienone is 12. The molecule has 0 aromatic rings. The van der Waals surface area contributed by atoms with Crippen molar-refractivity contribution in [2.24, 2.45) is 0 Å². The van der Waals surface area contributed by atoms with E-state index in [4.69, 9.17) is 14.2 Å². The molecule has 0 rings (SSSR count). The SMILES string of the molecule is CC/C=C\C/C=C\C/C=C\C/C=C\C/C=C\C/C=C\CCCCCCCCCCCCCCCCCCC(=O)OCC(COC(=O)CCCCCCCCC)OC(=O)CCCCCCCCCCCCCCC. The first kappa shape index (κ1) is 69.8. The first-order valence-corrected chi connectivity index (χ1v) is 31.4. The van der Waals surface area contributed by atoms with Crippen LogP contribution in [0.25, 0.3) is 0 Å². The van der Waals surface area contributed by atoms with Crippen LogP contribution in [0.4, 0.5) is 0 Å². The van der Waals surface area contributed by atoms with Crippen LogP contribution in [-0.4, -0.2) is 37.2 Å². The van der Waals surface area contributed by atoms with Crippen LogP contribution < -0.4 is 0 Å². The number of carbonyl (C=O) groups is 3. The highest BCUT2D eigenvalue weighted by atomic mass is 16.6. The average Bonchev–Trinajstić information content (AvgIpc) is 3.39. The fourth-order valence-corrected chi connectivity index (χ4v) is 9.04. The van der Waals surface area contributed by atoms with E-state index in [0.717, 1.165) is 96.3 Å². The zero-order chi connectivity index (χ0) is 52.9. The van der Waals surface area contributed by atoms with Crippen LogP contribution >= 0.6 is 0 Å². The van der Waals surface area contributed by atoms with Crippen molar-refractivity contribution in [3.05, 3.63) is 72.9 Å². The summed E-state index contributed by atoms with van der Waals surface area (Å²) in [5, 5.41) is 0. The fraction of sp³-hybridized carbons (Fsp3) is 0.776. The van der Waals surface area contributed by atoms with Crippen LogP contribution in [0, 0.1) is 0 Å². The van der Waals surface area contributed by atoms with Crippen molar-refractivity contribution in [2.45, 2.75) is 322 Å². The Morgan fingerprint density at radius 2 is 0.534 bits per heavy atom. The molecule has 0 N–H and O–H groups in total. The number of esters is 3. The number of unbranched alkanes of at least 4 members (excludes halogenated alkanes) is 34. The van der Waals surface area contributed by atoms with Gasteiger partial charge in [-0.25, -0.2) is 0 Å². The molecule has 0 aromatic heterocycles. The van der Waals surface area contributed by atoms with Crippen molar-refractivity contribution in [1.82, 2.24) is 0 Å². The van der Waals surface area contributed by atoms with E-state index in [1.54, 1.807) is 0 Å². The van der Waals surface area contributed by atoms with E-state index in [1.807, 2.05) is 0 Å². The van der Waals surface area contributed by atoms with Crippen molar-refractivity contribution < 1.29 is 28.6 Å². The highest BCUT2D eigenvalue weighted by Crippen LogP contribution is 2.17. The molecule has 0 aliphatic carbocycles. The van der Waals surface area contributed by atoms with E-state index in [0.29, 0.717) is 19.3 Å². The second-order valence-electron chi connectivity index (χ2n) is 21.0. The summed E-state index contributed by atoms with van der Waals surface area (Å²) in [5.74, 6) is -0.862. The van der Waals surface area contributed by atoms with Crippen LogP contribution in [0.2, 0.25) is 0 Å². The maximum atomic E-state index is 12.8. The summed E-state index contributed by atoms with van der Waals surface area (Å²) >= 11 is 0. The highest BCUT2D eigenvalue weighted by molar-refractivity contribution is 5.71. The summed E-state index contributed by atoms with van der Waals surface area (Å²) in [6.45, 7) is 6.51. The molecule has 0 saturated heterocycles. The van der Waals surface area contributed by atoms with Gasteiger partial charge in [-0.1, -0.05) is 299 Å². The molecule has 0 aliphatic rings. The van der Waals surface area contributed by atoms with E-state index < -0.39 is 6.10 Å². The fourth-order valence-electron chi connectivity index (χ4n) is 9.04. The second-order valence-corrected chi connectivity index (χ2v) is 21.0. The maximum Gasteiger partial charge on any atom is 0.306 e. The quantitative estimate of drug-likeness (QED) is 0.0261. The predicted molar refractivity (Wildman–Crippen MR) is 316 cm³/mol. The molecule has 6 heteroatoms. The van der Waals surface area contributed by atoms with Gasteiger partial charge in [-0.3, -0.25) is 14.4 Å². The standard InChI is InChI=1S/C67H118O6/c1-4-7-10-13-16-18-20-22-23-24-25-26-27-28-29-30-31-32-33-34-35-36-37-38-39-40-41-42-43-45-46-48-51-54-57-60-66(69)72-63-64(62-71-65(68)59-56-53-50-15-12-9-6-3)73-67(70)61-58-55-52-49-47-44-21-19-17-14-11-8-5-2/h7,10,16,18,22-23,25-26,28-29,31-32,64H,4-6,8-9,11-15,17,19-21,24,27,30,33-63H2,1-3H3/b10-7-,18-16-,23-22-,26-25-,29-28-,32-31-. The van der Waals surface area contributed by atoms with E-state index in [1.165, 1.54) is 180 Å². The van der Waals surface area contributed by atoms with Crippen molar-refractivity contribution in [3.63, 3.8) is 0 Å². The highest BCUT2D eigenvalue weighted by Gasteiger charge is 2.19. The van der Waals surface area contributed by atoms with Crippen molar-refractivity contribution in [2.75, 3.05) is 13.2 Å². The zero-order valence-electron chi connectivity index (χ0n) is 48.4. The van der Waals surface area contributed by atoms with Crippen LogP contribution in [-0.2, 0) is 28.6 Å². The Kier molecular flexibility index (Phi) is 58.7. The smallest absolute Gasteiger partial charge is 0.306 e. The average molecular weight is 1020 g/mol. The van der Waals surface area contributed by atoms with Gasteiger partial charge in [0.2, 0.25) is 0 Å². The predicted octanol–water partition coefficient (Wildman–Crippen LogP) is 21.3. The molecular formula is C67H118O6. The summed E-state index contributed by atoms with van der Waals surface area (Å²) in [6.07, 6.45) is 79.5. The molecule has 1 atom stereocenters. The van der Waals surface area contributed by atoms with Gasteiger partial charge in [0.1, 0.15) is 13.2 Å². The lowest BCUT2D eigenvalue weighted by Crippen LogP contribution is -2.30. The largest absolute Gasteiger partial charge is 0.462 e. The molecule has 0 amide bonds. The van der Waals surface area contributed by atoms with Gasteiger partial charge in [-0.05, 0) is 70.6 Å². The normalized spacial score (nSPS) is 12.5. The van der Waals surface area contributed by atoms with Gasteiger partial charge in [0.15, 0.2) is 6.10 Å². The van der Waals surface area contributed by atoms with Gasteiger partial charge < -0.3 is 14.2 Å². The molecule has 0 fully saturated rings. The molecule has 422 valence electrons. The summed E-state index contributed by atoms with van der Waals surface area (Å²) in [4.78, 5) is 37.9. The lowest BCUT2D eigenvalue weighted by molar-refractivity contribution is -0.167. The molecule has 0 spiro atoms. The van der Waals surface area contributed by atoms with E-state index in [2.05, 4.69) is 93.7 Å². The molecule has 0 aromatic carbocycles. The van der Waals surface area contributed by atoms with Crippen molar-refractivity contribution >= 4 is 17.9 Å². The third-order valence-corrected chi connectivity index (χ3v) is 13.7. The molecule has 0 aliphatic heterocycles. The minimum absolute atomic E-state index is 0.0692.